The second-order valence-corrected chi connectivity index (χ2v) is 4.68. The van der Waals surface area contributed by atoms with Crippen LogP contribution in [-0.4, -0.2) is 49.1 Å². The maximum atomic E-state index is 11.9. The van der Waals surface area contributed by atoms with Gasteiger partial charge in [-0.3, -0.25) is 0 Å². The zero-order valence-corrected chi connectivity index (χ0v) is 10.7. The lowest BCUT2D eigenvalue weighted by Crippen LogP contribution is -2.46. The van der Waals surface area contributed by atoms with E-state index < -0.39 is 0 Å². The summed E-state index contributed by atoms with van der Waals surface area (Å²) in [6.07, 6.45) is 0. The van der Waals surface area contributed by atoms with Crippen molar-refractivity contribution in [3.63, 3.8) is 0 Å². The molecular weight excluding hydrogens is 190 g/mol. The third kappa shape index (κ3) is 4.51. The highest BCUT2D eigenvalue weighted by Crippen LogP contribution is 2.14. The molecule has 0 aromatic carbocycles. The monoisotopic (exact) mass is 215 g/mol. The zero-order valence-electron chi connectivity index (χ0n) is 10.7. The van der Waals surface area contributed by atoms with E-state index in [1.165, 1.54) is 0 Å². The van der Waals surface area contributed by atoms with Crippen molar-refractivity contribution >= 4 is 6.03 Å². The molecule has 0 radical (unpaired) electrons. The minimum absolute atomic E-state index is 0.0163. The fraction of sp³-hybridized carbons (Fsp3) is 0.909. The van der Waals surface area contributed by atoms with Crippen molar-refractivity contribution in [3.05, 3.63) is 0 Å². The van der Waals surface area contributed by atoms with E-state index in [0.29, 0.717) is 13.1 Å². The van der Waals surface area contributed by atoms with E-state index in [1.54, 1.807) is 4.90 Å². The topological polar surface area (TPSA) is 49.6 Å². The molecule has 0 unspecified atom stereocenters. The Morgan fingerprint density at radius 3 is 2.07 bits per heavy atom. The van der Waals surface area contributed by atoms with Crippen molar-refractivity contribution in [2.45, 2.75) is 27.7 Å². The highest BCUT2D eigenvalue weighted by molar-refractivity contribution is 5.74. The van der Waals surface area contributed by atoms with Crippen molar-refractivity contribution in [2.75, 3.05) is 33.2 Å². The Labute approximate surface area is 93.4 Å². The summed E-state index contributed by atoms with van der Waals surface area (Å²) in [7, 11) is 1.83. The lowest BCUT2D eigenvalue weighted by atomic mass is 9.93. The molecule has 0 saturated heterocycles. The van der Waals surface area contributed by atoms with Gasteiger partial charge in [0, 0.05) is 26.7 Å². The molecule has 0 fully saturated rings. The summed E-state index contributed by atoms with van der Waals surface area (Å²) in [5, 5.41) is 0. The van der Waals surface area contributed by atoms with Gasteiger partial charge < -0.3 is 15.5 Å². The van der Waals surface area contributed by atoms with Crippen LogP contribution < -0.4 is 5.73 Å². The average molecular weight is 215 g/mol. The van der Waals surface area contributed by atoms with Gasteiger partial charge in [-0.2, -0.15) is 0 Å². The van der Waals surface area contributed by atoms with Gasteiger partial charge in [-0.05, 0) is 25.8 Å². The second kappa shape index (κ2) is 5.95. The Kier molecular flexibility index (Phi) is 5.65. The number of carbonyl (C=O) groups excluding carboxylic acids is 1. The second-order valence-electron chi connectivity index (χ2n) is 4.68. The predicted molar refractivity (Wildman–Crippen MR) is 63.8 cm³/mol. The highest BCUT2D eigenvalue weighted by atomic mass is 16.2. The molecule has 2 amide bonds. The van der Waals surface area contributed by atoms with E-state index in [2.05, 4.69) is 13.8 Å². The molecule has 0 bridgehead atoms. The van der Waals surface area contributed by atoms with Gasteiger partial charge in [-0.1, -0.05) is 13.8 Å². The third-order valence-electron chi connectivity index (χ3n) is 2.58. The lowest BCUT2D eigenvalue weighted by molar-refractivity contribution is 0.149. The number of amides is 2. The van der Waals surface area contributed by atoms with Gasteiger partial charge in [0.1, 0.15) is 0 Å². The number of nitrogens with two attached hydrogens (primary N) is 1. The van der Waals surface area contributed by atoms with Crippen LogP contribution in [0.1, 0.15) is 27.7 Å². The Morgan fingerprint density at radius 1 is 1.27 bits per heavy atom. The molecule has 15 heavy (non-hydrogen) atoms. The van der Waals surface area contributed by atoms with Gasteiger partial charge in [0.2, 0.25) is 0 Å². The molecule has 0 aromatic rings. The molecule has 2 N–H and O–H groups in total. The van der Waals surface area contributed by atoms with Crippen LogP contribution in [0.5, 0.6) is 0 Å². The van der Waals surface area contributed by atoms with Crippen LogP contribution in [0.2, 0.25) is 0 Å². The fourth-order valence-electron chi connectivity index (χ4n) is 1.51. The Hall–Kier alpha value is -0.770. The normalized spacial score (nSPS) is 11.3. The number of hydrogen-bond donors (Lipinski definition) is 1. The van der Waals surface area contributed by atoms with Crippen LogP contribution in [0.25, 0.3) is 0 Å². The van der Waals surface area contributed by atoms with E-state index in [0.717, 1.165) is 13.1 Å². The molecular formula is C11H25N3O. The number of nitrogens with zero attached hydrogens (tertiary/aromatic N) is 2. The molecule has 0 aliphatic carbocycles. The Balaban J connectivity index is 4.32. The quantitative estimate of drug-likeness (QED) is 0.753. The fourth-order valence-corrected chi connectivity index (χ4v) is 1.51. The van der Waals surface area contributed by atoms with Crippen LogP contribution in [0.15, 0.2) is 0 Å². The molecule has 0 saturated carbocycles. The van der Waals surface area contributed by atoms with E-state index in [4.69, 9.17) is 5.73 Å². The largest absolute Gasteiger partial charge is 0.330 e. The first-order valence-electron chi connectivity index (χ1n) is 5.58. The van der Waals surface area contributed by atoms with E-state index in [-0.39, 0.29) is 11.4 Å². The number of hydrogen-bond acceptors (Lipinski definition) is 2. The number of urea groups is 1. The minimum Gasteiger partial charge on any atom is -0.330 e. The first kappa shape index (κ1) is 14.2. The summed E-state index contributed by atoms with van der Waals surface area (Å²) >= 11 is 0. The molecule has 0 rings (SSSR count). The first-order valence-corrected chi connectivity index (χ1v) is 5.58. The molecule has 0 spiro atoms. The van der Waals surface area contributed by atoms with Gasteiger partial charge in [0.25, 0.3) is 0 Å². The summed E-state index contributed by atoms with van der Waals surface area (Å²) in [6.45, 7) is 10.9. The van der Waals surface area contributed by atoms with Crippen LogP contribution in [-0.2, 0) is 0 Å². The average Bonchev–Trinajstić information content (AvgIpc) is 2.19. The van der Waals surface area contributed by atoms with Crippen LogP contribution in [0.4, 0.5) is 4.79 Å². The van der Waals surface area contributed by atoms with Crippen molar-refractivity contribution in [3.8, 4) is 0 Å². The summed E-state index contributed by atoms with van der Waals surface area (Å²) in [5.41, 5.74) is 5.63. The molecule has 4 nitrogen and oxygen atoms in total. The van der Waals surface area contributed by atoms with Crippen LogP contribution in [0, 0.1) is 5.41 Å². The van der Waals surface area contributed by atoms with E-state index >= 15 is 0 Å². The van der Waals surface area contributed by atoms with Crippen molar-refractivity contribution in [1.82, 2.24) is 9.80 Å². The van der Waals surface area contributed by atoms with Crippen molar-refractivity contribution < 1.29 is 4.79 Å². The van der Waals surface area contributed by atoms with Crippen LogP contribution in [0.3, 0.4) is 0 Å². The molecule has 0 aliphatic heterocycles. The van der Waals surface area contributed by atoms with Gasteiger partial charge >= 0.3 is 6.03 Å². The molecule has 90 valence electrons. The van der Waals surface area contributed by atoms with Gasteiger partial charge in [0.15, 0.2) is 0 Å². The SMILES string of the molecule is CCN(CC)C(=O)N(C)CC(C)(C)CN. The molecule has 0 heterocycles. The van der Waals surface area contributed by atoms with Crippen LogP contribution >= 0.6 is 0 Å². The lowest BCUT2D eigenvalue weighted by Gasteiger charge is -2.32. The number of rotatable bonds is 5. The third-order valence-corrected chi connectivity index (χ3v) is 2.58. The Bertz CT molecular complexity index is 200. The maximum Gasteiger partial charge on any atom is 0.319 e. The van der Waals surface area contributed by atoms with Crippen molar-refractivity contribution in [2.24, 2.45) is 11.1 Å². The molecule has 0 atom stereocenters. The standard InChI is InChI=1S/C11H25N3O/c1-6-14(7-2)10(15)13(5)9-11(3,4)8-12/h6-9,12H2,1-5H3. The molecule has 0 aromatic heterocycles. The first-order chi connectivity index (χ1) is 6.87. The number of carbonyl (C=O) groups is 1. The van der Waals surface area contributed by atoms with Crippen molar-refractivity contribution in [1.29, 1.82) is 0 Å². The van der Waals surface area contributed by atoms with E-state index in [9.17, 15) is 4.79 Å². The Morgan fingerprint density at radius 2 is 1.73 bits per heavy atom. The van der Waals surface area contributed by atoms with E-state index in [1.807, 2.05) is 25.8 Å². The molecule has 0 aliphatic rings. The smallest absolute Gasteiger partial charge is 0.319 e. The maximum absolute atomic E-state index is 11.9. The predicted octanol–water partition coefficient (Wildman–Crippen LogP) is 1.36. The van der Waals surface area contributed by atoms with Gasteiger partial charge in [0.05, 0.1) is 0 Å². The highest BCUT2D eigenvalue weighted by Gasteiger charge is 2.23. The summed E-state index contributed by atoms with van der Waals surface area (Å²) in [4.78, 5) is 15.5. The zero-order chi connectivity index (χ0) is 12.1. The summed E-state index contributed by atoms with van der Waals surface area (Å²) in [6, 6.07) is 0.0847. The van der Waals surface area contributed by atoms with Gasteiger partial charge in [-0.25, -0.2) is 4.79 Å². The minimum atomic E-state index is -0.0163. The van der Waals surface area contributed by atoms with Gasteiger partial charge in [-0.15, -0.1) is 0 Å². The summed E-state index contributed by atoms with van der Waals surface area (Å²) in [5.74, 6) is 0. The molecule has 4 heteroatoms. The summed E-state index contributed by atoms with van der Waals surface area (Å²) < 4.78 is 0.